The number of aliphatic hydroxyl groups excluding tert-OH is 1. The standard InChI is InChI=1S/C19H23NO.C12H12NO/c1-19-9-8-15-14-4-2-12(11-20)10-13(14)3-5-16(15)17(19)6-7-18(19)21;1-10-2-4-11(5-3-10)12-6-8-13(14)9-7-12/h2,4,10,15-18,21H,3,5-9H2,1H3;2-9,14H,1H3/q;+1/t15?,16?,17?,18-,19-;/m0./s1. The lowest BCUT2D eigenvalue weighted by molar-refractivity contribution is -0.904. The van der Waals surface area contributed by atoms with Crippen LogP contribution in [0.15, 0.2) is 67.0 Å². The first-order valence-electron chi connectivity index (χ1n) is 12.9. The molecule has 5 atom stereocenters. The molecule has 3 aromatic rings. The summed E-state index contributed by atoms with van der Waals surface area (Å²) in [5.41, 5.74) is 7.37. The highest BCUT2D eigenvalue weighted by molar-refractivity contribution is 5.62. The first kappa shape index (κ1) is 23.6. The predicted octanol–water partition coefficient (Wildman–Crippen LogP) is 5.96. The van der Waals surface area contributed by atoms with Crippen LogP contribution in [-0.2, 0) is 6.42 Å². The van der Waals surface area contributed by atoms with Gasteiger partial charge >= 0.3 is 0 Å². The van der Waals surface area contributed by atoms with Crippen molar-refractivity contribution < 1.29 is 15.0 Å². The van der Waals surface area contributed by atoms with Crippen molar-refractivity contribution in [1.29, 1.82) is 5.26 Å². The molecule has 0 saturated heterocycles. The molecule has 0 aliphatic heterocycles. The summed E-state index contributed by atoms with van der Waals surface area (Å²) in [6, 6.07) is 20.6. The lowest BCUT2D eigenvalue weighted by Crippen LogP contribution is -2.43. The van der Waals surface area contributed by atoms with Crippen LogP contribution >= 0.6 is 0 Å². The molecule has 3 aliphatic rings. The third-order valence-corrected chi connectivity index (χ3v) is 9.00. The van der Waals surface area contributed by atoms with Gasteiger partial charge in [0.25, 0.3) is 0 Å². The summed E-state index contributed by atoms with van der Waals surface area (Å²) in [5.74, 6) is 2.08. The summed E-state index contributed by atoms with van der Waals surface area (Å²) in [7, 11) is 0. The molecule has 4 heteroatoms. The zero-order valence-corrected chi connectivity index (χ0v) is 20.7. The molecule has 6 rings (SSSR count). The summed E-state index contributed by atoms with van der Waals surface area (Å²) in [4.78, 5) is 0. The topological polar surface area (TPSA) is 68.1 Å². The van der Waals surface area contributed by atoms with E-state index >= 15 is 0 Å². The van der Waals surface area contributed by atoms with E-state index in [0.717, 1.165) is 46.6 Å². The van der Waals surface area contributed by atoms with E-state index in [-0.39, 0.29) is 11.5 Å². The van der Waals surface area contributed by atoms with Gasteiger partial charge in [-0.2, -0.15) is 5.26 Å². The van der Waals surface area contributed by atoms with Gasteiger partial charge in [-0.25, -0.2) is 0 Å². The summed E-state index contributed by atoms with van der Waals surface area (Å²) in [5, 5.41) is 28.5. The minimum absolute atomic E-state index is 0.0918. The van der Waals surface area contributed by atoms with Gasteiger partial charge in [-0.05, 0) is 103 Å². The number of pyridine rings is 1. The van der Waals surface area contributed by atoms with E-state index in [1.807, 2.05) is 18.2 Å². The van der Waals surface area contributed by atoms with Gasteiger partial charge < -0.3 is 5.11 Å². The van der Waals surface area contributed by atoms with Crippen molar-refractivity contribution in [2.24, 2.45) is 17.3 Å². The molecule has 4 nitrogen and oxygen atoms in total. The van der Waals surface area contributed by atoms with Crippen molar-refractivity contribution in [1.82, 2.24) is 0 Å². The second-order valence-corrected chi connectivity index (χ2v) is 10.9. The van der Waals surface area contributed by atoms with Gasteiger partial charge in [0.15, 0.2) is 0 Å². The molecule has 0 spiro atoms. The number of nitriles is 1. The van der Waals surface area contributed by atoms with E-state index in [9.17, 15) is 5.11 Å². The predicted molar refractivity (Wildman–Crippen MR) is 136 cm³/mol. The van der Waals surface area contributed by atoms with Crippen LogP contribution in [0.25, 0.3) is 11.1 Å². The van der Waals surface area contributed by atoms with Gasteiger partial charge in [0.1, 0.15) is 0 Å². The molecule has 180 valence electrons. The number of rotatable bonds is 1. The van der Waals surface area contributed by atoms with Crippen LogP contribution in [0.2, 0.25) is 0 Å². The van der Waals surface area contributed by atoms with E-state index in [1.54, 1.807) is 12.4 Å². The molecular weight excluding hydrogens is 432 g/mol. The van der Waals surface area contributed by atoms with Gasteiger partial charge in [-0.3, -0.25) is 5.21 Å². The second kappa shape index (κ2) is 9.47. The Morgan fingerprint density at radius 3 is 2.37 bits per heavy atom. The molecule has 1 heterocycles. The fourth-order valence-corrected chi connectivity index (χ4v) is 6.98. The van der Waals surface area contributed by atoms with Crippen LogP contribution < -0.4 is 4.73 Å². The van der Waals surface area contributed by atoms with Gasteiger partial charge in [0, 0.05) is 16.9 Å². The van der Waals surface area contributed by atoms with Gasteiger partial charge in [0.2, 0.25) is 12.4 Å². The van der Waals surface area contributed by atoms with Crippen LogP contribution in [-0.4, -0.2) is 16.4 Å². The van der Waals surface area contributed by atoms with Crippen molar-refractivity contribution in [3.63, 3.8) is 0 Å². The molecule has 0 radical (unpaired) electrons. The zero-order chi connectivity index (χ0) is 24.6. The first-order valence-corrected chi connectivity index (χ1v) is 12.9. The highest BCUT2D eigenvalue weighted by atomic mass is 16.5. The van der Waals surface area contributed by atoms with Crippen LogP contribution in [0.1, 0.15) is 67.2 Å². The van der Waals surface area contributed by atoms with E-state index in [4.69, 9.17) is 10.5 Å². The molecule has 3 unspecified atom stereocenters. The molecule has 35 heavy (non-hydrogen) atoms. The maximum atomic E-state index is 10.4. The van der Waals surface area contributed by atoms with Crippen molar-refractivity contribution in [2.75, 3.05) is 0 Å². The smallest absolute Gasteiger partial charge is 0.222 e. The molecule has 3 aliphatic carbocycles. The van der Waals surface area contributed by atoms with E-state index in [2.05, 4.69) is 56.3 Å². The first-order chi connectivity index (χ1) is 16.9. The summed E-state index contributed by atoms with van der Waals surface area (Å²) in [6.45, 7) is 4.39. The largest absolute Gasteiger partial charge is 0.393 e. The zero-order valence-electron chi connectivity index (χ0n) is 20.7. The summed E-state index contributed by atoms with van der Waals surface area (Å²) < 4.78 is 1.04. The van der Waals surface area contributed by atoms with Crippen molar-refractivity contribution in [3.8, 4) is 17.2 Å². The number of hydrogen-bond donors (Lipinski definition) is 2. The number of aryl methyl sites for hydroxylation is 2. The molecule has 2 saturated carbocycles. The number of fused-ring (bicyclic) bond motifs is 5. The highest BCUT2D eigenvalue weighted by Gasteiger charge is 2.54. The Labute approximate surface area is 208 Å². The fraction of sp³-hybridized carbons (Fsp3) is 0.419. The third kappa shape index (κ3) is 4.46. The molecular formula is C31H35N2O2+. The number of aliphatic hydroxyl groups is 1. The minimum Gasteiger partial charge on any atom is -0.393 e. The minimum atomic E-state index is -0.0918. The van der Waals surface area contributed by atoms with Crippen molar-refractivity contribution >= 4 is 0 Å². The average molecular weight is 468 g/mol. The Morgan fingerprint density at radius 2 is 1.66 bits per heavy atom. The third-order valence-electron chi connectivity index (χ3n) is 9.00. The van der Waals surface area contributed by atoms with Crippen LogP contribution in [0.4, 0.5) is 0 Å². The fourth-order valence-electron chi connectivity index (χ4n) is 6.98. The number of benzene rings is 2. The Morgan fingerprint density at radius 1 is 0.943 bits per heavy atom. The summed E-state index contributed by atoms with van der Waals surface area (Å²) in [6.07, 6.45) is 10.0. The SMILES string of the molecule is C[C@]12CCC3c4ccc(C#N)cc4CCC3C1CC[C@@H]2O.Cc1ccc(-c2cc[n+](O)cc2)cc1. The van der Waals surface area contributed by atoms with Gasteiger partial charge in [0.05, 0.1) is 17.7 Å². The number of aromatic nitrogens is 1. The maximum absolute atomic E-state index is 10.4. The van der Waals surface area contributed by atoms with E-state index < -0.39 is 0 Å². The Kier molecular flexibility index (Phi) is 6.38. The van der Waals surface area contributed by atoms with E-state index in [0.29, 0.717) is 11.8 Å². The van der Waals surface area contributed by atoms with Crippen molar-refractivity contribution in [2.45, 2.75) is 64.4 Å². The van der Waals surface area contributed by atoms with E-state index in [1.165, 1.54) is 36.0 Å². The van der Waals surface area contributed by atoms with Gasteiger partial charge in [-0.15, -0.1) is 0 Å². The highest BCUT2D eigenvalue weighted by Crippen LogP contribution is 2.60. The Bertz CT molecular complexity index is 1180. The number of hydrogen-bond acceptors (Lipinski definition) is 3. The molecule has 2 aromatic carbocycles. The lowest BCUT2D eigenvalue weighted by atomic mass is 9.55. The average Bonchev–Trinajstić information content (AvgIpc) is 3.19. The maximum Gasteiger partial charge on any atom is 0.222 e. The quantitative estimate of drug-likeness (QED) is 0.343. The van der Waals surface area contributed by atoms with Crippen LogP contribution in [0.3, 0.4) is 0 Å². The monoisotopic (exact) mass is 467 g/mol. The molecule has 2 fully saturated rings. The Balaban J connectivity index is 0.000000158. The van der Waals surface area contributed by atoms with Crippen LogP contribution in [0, 0.1) is 35.5 Å². The number of nitrogens with zero attached hydrogens (tertiary/aromatic N) is 2. The lowest BCUT2D eigenvalue weighted by Gasteiger charge is -2.50. The molecule has 2 N–H and O–H groups in total. The van der Waals surface area contributed by atoms with Gasteiger partial charge in [-0.1, -0.05) is 42.8 Å². The normalized spacial score (nSPS) is 28.5. The molecule has 0 bridgehead atoms. The van der Waals surface area contributed by atoms with Crippen LogP contribution in [0.5, 0.6) is 0 Å². The Hall–Kier alpha value is -3.16. The molecule has 1 aromatic heterocycles. The second-order valence-electron chi connectivity index (χ2n) is 10.9. The molecule has 0 amide bonds. The van der Waals surface area contributed by atoms with Crippen molar-refractivity contribution in [3.05, 3.63) is 89.2 Å². The summed E-state index contributed by atoms with van der Waals surface area (Å²) >= 11 is 0.